The van der Waals surface area contributed by atoms with E-state index in [4.69, 9.17) is 4.74 Å². The molecule has 1 aromatic heterocycles. The van der Waals surface area contributed by atoms with Crippen molar-refractivity contribution in [1.29, 1.82) is 0 Å². The molecule has 0 aliphatic carbocycles. The van der Waals surface area contributed by atoms with E-state index in [1.807, 2.05) is 67.6 Å². The minimum atomic E-state index is -0.406. The second-order valence-corrected chi connectivity index (χ2v) is 8.04. The van der Waals surface area contributed by atoms with Crippen molar-refractivity contribution in [2.24, 2.45) is 5.92 Å². The van der Waals surface area contributed by atoms with E-state index in [1.165, 1.54) is 11.8 Å². The zero-order chi connectivity index (χ0) is 23.4. The van der Waals surface area contributed by atoms with E-state index in [0.29, 0.717) is 43.7 Å². The standard InChI is InChI=1S/C26H27N3O4/c1-3-29-25(31)22(24(30)28-16-14-20(15-17-28)26(32)33-2)21(18-10-6-4-7-11-18)23(27-29)19-12-8-5-9-13-19/h4-13,20H,3,14-17H2,1-2H3. The number of ether oxygens (including phenoxy) is 1. The first-order valence-electron chi connectivity index (χ1n) is 11.2. The van der Waals surface area contributed by atoms with Crippen LogP contribution in [-0.4, -0.2) is 46.8 Å². The number of amides is 1. The van der Waals surface area contributed by atoms with E-state index >= 15 is 0 Å². The van der Waals surface area contributed by atoms with Crippen LogP contribution >= 0.6 is 0 Å². The van der Waals surface area contributed by atoms with Gasteiger partial charge in [-0.25, -0.2) is 4.68 Å². The van der Waals surface area contributed by atoms with E-state index in [2.05, 4.69) is 5.10 Å². The van der Waals surface area contributed by atoms with Gasteiger partial charge >= 0.3 is 5.97 Å². The molecule has 0 atom stereocenters. The number of carbonyl (C=O) groups excluding carboxylic acids is 2. The molecule has 2 aromatic carbocycles. The minimum absolute atomic E-state index is 0.119. The Kier molecular flexibility index (Phi) is 6.68. The van der Waals surface area contributed by atoms with Crippen LogP contribution in [0.25, 0.3) is 22.4 Å². The number of aryl methyl sites for hydroxylation is 1. The monoisotopic (exact) mass is 445 g/mol. The molecule has 0 radical (unpaired) electrons. The number of likely N-dealkylation sites (tertiary alicyclic amines) is 1. The summed E-state index contributed by atoms with van der Waals surface area (Å²) in [5, 5.41) is 4.64. The number of nitrogens with zero attached hydrogens (tertiary/aromatic N) is 3. The SMILES string of the molecule is CCn1nc(-c2ccccc2)c(-c2ccccc2)c(C(=O)N2CCC(C(=O)OC)CC2)c1=O. The molecule has 1 amide bonds. The van der Waals surface area contributed by atoms with Crippen LogP contribution in [0.2, 0.25) is 0 Å². The average Bonchev–Trinajstić information content (AvgIpc) is 2.88. The topological polar surface area (TPSA) is 81.5 Å². The van der Waals surface area contributed by atoms with Crippen molar-refractivity contribution in [2.75, 3.05) is 20.2 Å². The van der Waals surface area contributed by atoms with Crippen LogP contribution in [0.5, 0.6) is 0 Å². The summed E-state index contributed by atoms with van der Waals surface area (Å²) >= 11 is 0. The lowest BCUT2D eigenvalue weighted by Crippen LogP contribution is -2.43. The van der Waals surface area contributed by atoms with Gasteiger partial charge in [0.15, 0.2) is 0 Å². The van der Waals surface area contributed by atoms with Crippen molar-refractivity contribution < 1.29 is 14.3 Å². The zero-order valence-electron chi connectivity index (χ0n) is 18.9. The fraction of sp³-hybridized carbons (Fsp3) is 0.308. The number of methoxy groups -OCH3 is 1. The van der Waals surface area contributed by atoms with Gasteiger partial charge < -0.3 is 9.64 Å². The van der Waals surface area contributed by atoms with Crippen molar-refractivity contribution in [3.05, 3.63) is 76.6 Å². The van der Waals surface area contributed by atoms with Crippen molar-refractivity contribution >= 4 is 11.9 Å². The van der Waals surface area contributed by atoms with Crippen molar-refractivity contribution in [2.45, 2.75) is 26.3 Å². The lowest BCUT2D eigenvalue weighted by Gasteiger charge is -2.31. The first-order chi connectivity index (χ1) is 16.0. The summed E-state index contributed by atoms with van der Waals surface area (Å²) in [6, 6.07) is 19.0. The number of esters is 1. The van der Waals surface area contributed by atoms with Gasteiger partial charge in [-0.05, 0) is 25.3 Å². The number of rotatable bonds is 5. The largest absolute Gasteiger partial charge is 0.469 e. The fourth-order valence-corrected chi connectivity index (χ4v) is 4.31. The lowest BCUT2D eigenvalue weighted by atomic mass is 9.93. The Balaban J connectivity index is 1.86. The number of benzene rings is 2. The molecule has 2 heterocycles. The number of piperidine rings is 1. The second-order valence-electron chi connectivity index (χ2n) is 8.04. The Morgan fingerprint density at radius 2 is 1.55 bits per heavy atom. The summed E-state index contributed by atoms with van der Waals surface area (Å²) in [6.45, 7) is 2.96. The summed E-state index contributed by atoms with van der Waals surface area (Å²) < 4.78 is 6.21. The molecular weight excluding hydrogens is 418 g/mol. The average molecular weight is 446 g/mol. The highest BCUT2D eigenvalue weighted by atomic mass is 16.5. The molecular formula is C26H27N3O4. The van der Waals surface area contributed by atoms with Gasteiger partial charge in [0.1, 0.15) is 5.56 Å². The molecule has 7 heteroatoms. The molecule has 33 heavy (non-hydrogen) atoms. The smallest absolute Gasteiger partial charge is 0.308 e. The van der Waals surface area contributed by atoms with Gasteiger partial charge in [0.2, 0.25) is 0 Å². The van der Waals surface area contributed by atoms with Gasteiger partial charge in [-0.15, -0.1) is 0 Å². The Bertz CT molecular complexity index is 1200. The van der Waals surface area contributed by atoms with E-state index in [9.17, 15) is 14.4 Å². The van der Waals surface area contributed by atoms with Gasteiger partial charge in [0, 0.05) is 30.8 Å². The molecule has 1 aliphatic rings. The van der Waals surface area contributed by atoms with Crippen LogP contribution in [0.3, 0.4) is 0 Å². The van der Waals surface area contributed by atoms with Crippen LogP contribution in [0.1, 0.15) is 30.1 Å². The lowest BCUT2D eigenvalue weighted by molar-refractivity contribution is -0.146. The molecule has 170 valence electrons. The van der Waals surface area contributed by atoms with Crippen LogP contribution in [0.4, 0.5) is 0 Å². The Hall–Kier alpha value is -3.74. The third kappa shape index (κ3) is 4.44. The van der Waals surface area contributed by atoms with Gasteiger partial charge in [-0.1, -0.05) is 60.7 Å². The van der Waals surface area contributed by atoms with Gasteiger partial charge in [-0.2, -0.15) is 5.10 Å². The van der Waals surface area contributed by atoms with Crippen LogP contribution in [0, 0.1) is 5.92 Å². The highest BCUT2D eigenvalue weighted by Crippen LogP contribution is 2.33. The van der Waals surface area contributed by atoms with Gasteiger partial charge in [0.25, 0.3) is 11.5 Å². The second kappa shape index (κ2) is 9.81. The molecule has 0 saturated carbocycles. The van der Waals surface area contributed by atoms with Crippen LogP contribution < -0.4 is 5.56 Å². The quantitative estimate of drug-likeness (QED) is 0.561. The first-order valence-corrected chi connectivity index (χ1v) is 11.2. The van der Waals surface area contributed by atoms with E-state index in [0.717, 1.165) is 11.1 Å². The highest BCUT2D eigenvalue weighted by Gasteiger charge is 2.32. The zero-order valence-corrected chi connectivity index (χ0v) is 18.9. The Labute approximate surface area is 192 Å². The Morgan fingerprint density at radius 3 is 2.09 bits per heavy atom. The molecule has 0 unspecified atom stereocenters. The normalized spacial score (nSPS) is 14.2. The molecule has 1 fully saturated rings. The van der Waals surface area contributed by atoms with Crippen LogP contribution in [-0.2, 0) is 16.1 Å². The predicted molar refractivity (Wildman–Crippen MR) is 126 cm³/mol. The number of hydrogen-bond acceptors (Lipinski definition) is 5. The van der Waals surface area contributed by atoms with Gasteiger partial charge in [0.05, 0.1) is 18.7 Å². The molecule has 7 nitrogen and oxygen atoms in total. The van der Waals surface area contributed by atoms with Crippen molar-refractivity contribution in [3.8, 4) is 22.4 Å². The number of carbonyl (C=O) groups is 2. The number of hydrogen-bond donors (Lipinski definition) is 0. The van der Waals surface area contributed by atoms with E-state index < -0.39 is 5.56 Å². The highest BCUT2D eigenvalue weighted by molar-refractivity contribution is 6.03. The summed E-state index contributed by atoms with van der Waals surface area (Å²) in [5.74, 6) is -0.808. The summed E-state index contributed by atoms with van der Waals surface area (Å²) in [6.07, 6.45) is 1.02. The third-order valence-corrected chi connectivity index (χ3v) is 6.10. The predicted octanol–water partition coefficient (Wildman–Crippen LogP) is 3.62. The molecule has 0 N–H and O–H groups in total. The van der Waals surface area contributed by atoms with Gasteiger partial charge in [-0.3, -0.25) is 14.4 Å². The maximum atomic E-state index is 13.8. The molecule has 0 spiro atoms. The fourth-order valence-electron chi connectivity index (χ4n) is 4.31. The van der Waals surface area contributed by atoms with Crippen LogP contribution in [0.15, 0.2) is 65.5 Å². The number of aromatic nitrogens is 2. The molecule has 0 bridgehead atoms. The first kappa shape index (κ1) is 22.5. The summed E-state index contributed by atoms with van der Waals surface area (Å²) in [5.41, 5.74) is 2.44. The maximum absolute atomic E-state index is 13.8. The molecule has 1 saturated heterocycles. The Morgan fingerprint density at radius 1 is 0.970 bits per heavy atom. The summed E-state index contributed by atoms with van der Waals surface area (Å²) in [4.78, 5) is 40.8. The molecule has 1 aliphatic heterocycles. The van der Waals surface area contributed by atoms with E-state index in [1.54, 1.807) is 4.90 Å². The minimum Gasteiger partial charge on any atom is -0.469 e. The molecule has 4 rings (SSSR count). The van der Waals surface area contributed by atoms with Crippen molar-refractivity contribution in [3.63, 3.8) is 0 Å². The van der Waals surface area contributed by atoms with E-state index in [-0.39, 0.29) is 23.4 Å². The summed E-state index contributed by atoms with van der Waals surface area (Å²) in [7, 11) is 1.38. The van der Waals surface area contributed by atoms with Crippen molar-refractivity contribution in [1.82, 2.24) is 14.7 Å². The molecule has 3 aromatic rings. The third-order valence-electron chi connectivity index (χ3n) is 6.10. The maximum Gasteiger partial charge on any atom is 0.308 e.